The van der Waals surface area contributed by atoms with Crippen molar-refractivity contribution >= 4 is 23.1 Å². The Balaban J connectivity index is 2.60. The summed E-state index contributed by atoms with van der Waals surface area (Å²) >= 11 is 0. The van der Waals surface area contributed by atoms with Gasteiger partial charge in [-0.15, -0.1) is 0 Å². The van der Waals surface area contributed by atoms with E-state index in [2.05, 4.69) is 4.98 Å². The molecule has 0 aliphatic heterocycles. The summed E-state index contributed by atoms with van der Waals surface area (Å²) in [5.74, 6) is -1.60. The van der Waals surface area contributed by atoms with Crippen molar-refractivity contribution in [1.29, 1.82) is 0 Å². The normalized spacial score (nSPS) is 11.2. The lowest BCUT2D eigenvalue weighted by Gasteiger charge is -1.92. The summed E-state index contributed by atoms with van der Waals surface area (Å²) in [5.41, 5.74) is 1.51. The van der Waals surface area contributed by atoms with Crippen LogP contribution in [0.25, 0.3) is 17.2 Å². The van der Waals surface area contributed by atoms with Crippen molar-refractivity contribution in [3.05, 3.63) is 40.4 Å². The summed E-state index contributed by atoms with van der Waals surface area (Å²) in [6, 6.07) is 5.00. The number of aliphatic carboxylic acids is 1. The summed E-state index contributed by atoms with van der Waals surface area (Å²) in [6.07, 6.45) is 2.40. The van der Waals surface area contributed by atoms with Crippen molar-refractivity contribution < 1.29 is 14.3 Å². The number of aromatic nitrogens is 1. The van der Waals surface area contributed by atoms with Gasteiger partial charge >= 0.3 is 11.7 Å². The van der Waals surface area contributed by atoms with Crippen LogP contribution in [0.4, 0.5) is 0 Å². The third-order valence-electron chi connectivity index (χ3n) is 1.89. The van der Waals surface area contributed by atoms with Gasteiger partial charge < -0.3 is 9.52 Å². The van der Waals surface area contributed by atoms with E-state index in [1.165, 1.54) is 6.08 Å². The maximum atomic E-state index is 10.9. The van der Waals surface area contributed by atoms with Gasteiger partial charge in [-0.2, -0.15) is 0 Å². The van der Waals surface area contributed by atoms with Crippen LogP contribution in [-0.4, -0.2) is 16.1 Å². The van der Waals surface area contributed by atoms with E-state index in [4.69, 9.17) is 9.52 Å². The van der Waals surface area contributed by atoms with Crippen LogP contribution in [0.2, 0.25) is 0 Å². The number of carboxylic acids is 1. The predicted molar refractivity (Wildman–Crippen MR) is 53.5 cm³/mol. The van der Waals surface area contributed by atoms with E-state index in [9.17, 15) is 9.59 Å². The van der Waals surface area contributed by atoms with E-state index >= 15 is 0 Å². The second-order valence-electron chi connectivity index (χ2n) is 2.91. The second-order valence-corrected chi connectivity index (χ2v) is 2.91. The predicted octanol–water partition coefficient (Wildman–Crippen LogP) is 1.22. The molecule has 76 valence electrons. The minimum atomic E-state index is -1.04. The molecule has 0 bridgehead atoms. The first-order chi connectivity index (χ1) is 7.16. The molecule has 2 rings (SSSR count). The number of hydrogen-bond donors (Lipinski definition) is 2. The Morgan fingerprint density at radius 2 is 2.27 bits per heavy atom. The number of carbonyl (C=O) groups is 1. The highest BCUT2D eigenvalue weighted by molar-refractivity contribution is 5.90. The highest BCUT2D eigenvalue weighted by Crippen LogP contribution is 2.16. The molecular weight excluding hydrogens is 198 g/mol. The summed E-state index contributed by atoms with van der Waals surface area (Å²) in [4.78, 5) is 23.7. The smallest absolute Gasteiger partial charge is 0.417 e. The Morgan fingerprint density at radius 1 is 1.47 bits per heavy atom. The highest BCUT2D eigenvalue weighted by Gasteiger charge is 2.03. The zero-order valence-corrected chi connectivity index (χ0v) is 7.56. The van der Waals surface area contributed by atoms with Crippen molar-refractivity contribution in [3.8, 4) is 0 Å². The molecule has 5 nitrogen and oxygen atoms in total. The SMILES string of the molecule is O=C(O)/C=C/c1cccc2oc(=O)[nH]c12. The Hall–Kier alpha value is -2.30. The van der Waals surface area contributed by atoms with Crippen LogP contribution in [0, 0.1) is 0 Å². The van der Waals surface area contributed by atoms with E-state index in [1.807, 2.05) is 0 Å². The molecule has 0 unspecified atom stereocenters. The van der Waals surface area contributed by atoms with Gasteiger partial charge in [0, 0.05) is 11.6 Å². The van der Waals surface area contributed by atoms with Crippen LogP contribution in [-0.2, 0) is 4.79 Å². The molecule has 0 radical (unpaired) electrons. The van der Waals surface area contributed by atoms with Gasteiger partial charge in [-0.05, 0) is 12.1 Å². The van der Waals surface area contributed by atoms with Gasteiger partial charge in [0.1, 0.15) is 0 Å². The first kappa shape index (κ1) is 9.26. The molecule has 0 saturated heterocycles. The van der Waals surface area contributed by atoms with Crippen LogP contribution in [0.1, 0.15) is 5.56 Å². The summed E-state index contributed by atoms with van der Waals surface area (Å²) in [6.45, 7) is 0. The molecule has 0 fully saturated rings. The van der Waals surface area contributed by atoms with Gasteiger partial charge in [-0.1, -0.05) is 12.1 Å². The second kappa shape index (κ2) is 3.45. The Kier molecular flexibility index (Phi) is 2.13. The minimum Gasteiger partial charge on any atom is -0.478 e. The van der Waals surface area contributed by atoms with Gasteiger partial charge in [0.25, 0.3) is 0 Å². The van der Waals surface area contributed by atoms with Crippen LogP contribution in [0.3, 0.4) is 0 Å². The molecule has 0 amide bonds. The monoisotopic (exact) mass is 205 g/mol. The maximum absolute atomic E-state index is 10.9. The van der Waals surface area contributed by atoms with Crippen molar-refractivity contribution in [2.75, 3.05) is 0 Å². The highest BCUT2D eigenvalue weighted by atomic mass is 16.4. The van der Waals surface area contributed by atoms with Crippen molar-refractivity contribution in [2.24, 2.45) is 0 Å². The number of benzene rings is 1. The molecule has 1 aromatic heterocycles. The number of nitrogens with one attached hydrogen (secondary N) is 1. The topological polar surface area (TPSA) is 83.3 Å². The maximum Gasteiger partial charge on any atom is 0.417 e. The first-order valence-corrected chi connectivity index (χ1v) is 4.19. The molecule has 2 aromatic rings. The zero-order chi connectivity index (χ0) is 10.8. The molecule has 1 aromatic carbocycles. The molecule has 0 aliphatic rings. The Bertz CT molecular complexity index is 591. The molecule has 2 N–H and O–H groups in total. The molecule has 5 heteroatoms. The minimum absolute atomic E-state index is 0.410. The molecular formula is C10H7NO4. The fourth-order valence-electron chi connectivity index (χ4n) is 1.29. The number of carboxylic acid groups (broad SMARTS) is 1. The van der Waals surface area contributed by atoms with Gasteiger partial charge in [0.05, 0.1) is 5.52 Å². The zero-order valence-electron chi connectivity index (χ0n) is 7.56. The van der Waals surface area contributed by atoms with Crippen LogP contribution >= 0.6 is 0 Å². The lowest BCUT2D eigenvalue weighted by Crippen LogP contribution is -1.93. The number of para-hydroxylation sites is 1. The molecule has 0 saturated carbocycles. The lowest BCUT2D eigenvalue weighted by atomic mass is 10.2. The largest absolute Gasteiger partial charge is 0.478 e. The average Bonchev–Trinajstić information content (AvgIpc) is 2.55. The van der Waals surface area contributed by atoms with Gasteiger partial charge in [0.15, 0.2) is 5.58 Å². The van der Waals surface area contributed by atoms with E-state index in [1.54, 1.807) is 18.2 Å². The van der Waals surface area contributed by atoms with Gasteiger partial charge in [-0.3, -0.25) is 4.98 Å². The Morgan fingerprint density at radius 3 is 3.00 bits per heavy atom. The van der Waals surface area contributed by atoms with E-state index in [0.717, 1.165) is 6.08 Å². The van der Waals surface area contributed by atoms with Crippen LogP contribution in [0.5, 0.6) is 0 Å². The first-order valence-electron chi connectivity index (χ1n) is 4.19. The van der Waals surface area contributed by atoms with E-state index in [-0.39, 0.29) is 0 Å². The summed E-state index contributed by atoms with van der Waals surface area (Å²) in [5, 5.41) is 8.47. The fraction of sp³-hybridized carbons (Fsp3) is 0. The molecule has 0 spiro atoms. The summed E-state index contributed by atoms with van der Waals surface area (Å²) in [7, 11) is 0. The van der Waals surface area contributed by atoms with Crippen molar-refractivity contribution in [3.63, 3.8) is 0 Å². The van der Waals surface area contributed by atoms with Crippen LogP contribution < -0.4 is 5.76 Å². The molecule has 0 atom stereocenters. The fourth-order valence-corrected chi connectivity index (χ4v) is 1.29. The van der Waals surface area contributed by atoms with Crippen LogP contribution in [0.15, 0.2) is 33.5 Å². The summed E-state index contributed by atoms with van der Waals surface area (Å²) < 4.78 is 4.82. The number of rotatable bonds is 2. The Labute approximate surface area is 83.6 Å². The van der Waals surface area contributed by atoms with Gasteiger partial charge in [0.2, 0.25) is 0 Å². The van der Waals surface area contributed by atoms with Crippen molar-refractivity contribution in [2.45, 2.75) is 0 Å². The number of hydrogen-bond acceptors (Lipinski definition) is 3. The van der Waals surface area contributed by atoms with Crippen molar-refractivity contribution in [1.82, 2.24) is 4.98 Å². The standard InChI is InChI=1S/C10H7NO4/c12-8(13)5-4-6-2-1-3-7-9(6)11-10(14)15-7/h1-5H,(H,11,14)(H,12,13)/b5-4+. The number of aromatic amines is 1. The third-order valence-corrected chi connectivity index (χ3v) is 1.89. The molecule has 15 heavy (non-hydrogen) atoms. The van der Waals surface area contributed by atoms with E-state index < -0.39 is 11.7 Å². The van der Waals surface area contributed by atoms with Gasteiger partial charge in [-0.25, -0.2) is 9.59 Å². The quantitative estimate of drug-likeness (QED) is 0.722. The molecule has 0 aliphatic carbocycles. The average molecular weight is 205 g/mol. The van der Waals surface area contributed by atoms with E-state index in [0.29, 0.717) is 16.7 Å². The molecule has 1 heterocycles. The lowest BCUT2D eigenvalue weighted by molar-refractivity contribution is -0.131. The number of fused-ring (bicyclic) bond motifs is 1. The number of oxazole rings is 1. The number of H-pyrrole nitrogens is 1. The third kappa shape index (κ3) is 1.80.